The third-order valence-electron chi connectivity index (χ3n) is 3.04. The van der Waals surface area contributed by atoms with Crippen molar-refractivity contribution in [3.63, 3.8) is 0 Å². The first-order valence-electron chi connectivity index (χ1n) is 6.67. The van der Waals surface area contributed by atoms with Crippen LogP contribution in [0.2, 0.25) is 0 Å². The molecule has 1 amide bonds. The van der Waals surface area contributed by atoms with E-state index in [0.29, 0.717) is 11.3 Å². The van der Waals surface area contributed by atoms with Crippen molar-refractivity contribution in [1.29, 1.82) is 0 Å². The number of hydrogen-bond donors (Lipinski definition) is 1. The van der Waals surface area contributed by atoms with E-state index in [1.165, 1.54) is 11.3 Å². The van der Waals surface area contributed by atoms with Crippen molar-refractivity contribution < 1.29 is 14.3 Å². The van der Waals surface area contributed by atoms with Crippen LogP contribution in [0, 0.1) is 20.8 Å². The van der Waals surface area contributed by atoms with Gasteiger partial charge in [-0.2, -0.15) is 0 Å². The summed E-state index contributed by atoms with van der Waals surface area (Å²) < 4.78 is 6.03. The number of amides is 1. The third kappa shape index (κ3) is 4.18. The van der Waals surface area contributed by atoms with Crippen LogP contribution >= 0.6 is 27.3 Å². The Labute approximate surface area is 141 Å². The molecule has 2 rings (SSSR count). The Morgan fingerprint density at radius 1 is 1.23 bits per heavy atom. The minimum atomic E-state index is -0.469. The quantitative estimate of drug-likeness (QED) is 0.806. The molecule has 0 spiro atoms. The summed E-state index contributed by atoms with van der Waals surface area (Å²) in [7, 11) is 0. The van der Waals surface area contributed by atoms with Gasteiger partial charge in [0.25, 0.3) is 5.91 Å². The summed E-state index contributed by atoms with van der Waals surface area (Å²) in [6, 6.07) is 7.26. The van der Waals surface area contributed by atoms with Gasteiger partial charge in [0.05, 0.1) is 5.56 Å². The van der Waals surface area contributed by atoms with E-state index in [1.54, 1.807) is 12.1 Å². The number of halogens is 1. The van der Waals surface area contributed by atoms with E-state index in [0.717, 1.165) is 19.8 Å². The maximum atomic E-state index is 11.9. The second-order valence-corrected chi connectivity index (χ2v) is 7.23. The Balaban J connectivity index is 1.91. The average molecular weight is 382 g/mol. The van der Waals surface area contributed by atoms with Crippen molar-refractivity contribution in [3.8, 4) is 0 Å². The molecule has 4 nitrogen and oxygen atoms in total. The van der Waals surface area contributed by atoms with Gasteiger partial charge >= 0.3 is 5.97 Å². The number of carbonyl (C=O) groups excluding carboxylic acids is 2. The first-order chi connectivity index (χ1) is 10.4. The van der Waals surface area contributed by atoms with Crippen LogP contribution in [-0.4, -0.2) is 18.5 Å². The largest absolute Gasteiger partial charge is 0.452 e. The Bertz CT molecular complexity index is 724. The van der Waals surface area contributed by atoms with E-state index >= 15 is 0 Å². The highest BCUT2D eigenvalue weighted by Gasteiger charge is 2.15. The zero-order chi connectivity index (χ0) is 16.3. The van der Waals surface area contributed by atoms with E-state index in [4.69, 9.17) is 4.74 Å². The van der Waals surface area contributed by atoms with Crippen LogP contribution in [0.4, 0.5) is 5.69 Å². The molecule has 0 aliphatic carbocycles. The van der Waals surface area contributed by atoms with Crippen molar-refractivity contribution in [3.05, 3.63) is 49.6 Å². The molecule has 6 heteroatoms. The molecule has 0 aliphatic rings. The Kier molecular flexibility index (Phi) is 5.37. The van der Waals surface area contributed by atoms with E-state index in [2.05, 4.69) is 21.2 Å². The zero-order valence-corrected chi connectivity index (χ0v) is 14.9. The van der Waals surface area contributed by atoms with Gasteiger partial charge in [0, 0.05) is 19.9 Å². The number of aryl methyl sites for hydroxylation is 3. The first-order valence-corrected chi connectivity index (χ1v) is 8.28. The number of nitrogens with one attached hydrogen (secondary N) is 1. The Morgan fingerprint density at radius 2 is 1.95 bits per heavy atom. The highest BCUT2D eigenvalue weighted by molar-refractivity contribution is 9.10. The van der Waals surface area contributed by atoms with Crippen molar-refractivity contribution >= 4 is 44.8 Å². The molecule has 1 heterocycles. The fraction of sp³-hybridized carbons (Fsp3) is 0.250. The number of rotatable bonds is 4. The van der Waals surface area contributed by atoms with Crippen LogP contribution in [0.1, 0.15) is 25.7 Å². The maximum absolute atomic E-state index is 11.9. The van der Waals surface area contributed by atoms with Gasteiger partial charge in [0.1, 0.15) is 0 Å². The zero-order valence-electron chi connectivity index (χ0n) is 12.5. The fourth-order valence-electron chi connectivity index (χ4n) is 1.96. The number of thiophene rings is 1. The molecular weight excluding hydrogens is 366 g/mol. The molecule has 0 saturated heterocycles. The standard InChI is InChI=1S/C16H16BrNO3S/c1-9-6-12(4-5-14(9)17)18-15(19)8-21-16(20)13-7-10(2)22-11(13)3/h4-7H,8H2,1-3H3,(H,18,19). The minimum absolute atomic E-state index is 0.303. The van der Waals surface area contributed by atoms with Gasteiger partial charge < -0.3 is 10.1 Å². The van der Waals surface area contributed by atoms with Crippen molar-refractivity contribution in [2.24, 2.45) is 0 Å². The van der Waals surface area contributed by atoms with Crippen molar-refractivity contribution in [1.82, 2.24) is 0 Å². The van der Waals surface area contributed by atoms with Gasteiger partial charge in [-0.1, -0.05) is 15.9 Å². The number of esters is 1. The fourth-order valence-corrected chi connectivity index (χ4v) is 3.12. The van der Waals surface area contributed by atoms with E-state index < -0.39 is 5.97 Å². The summed E-state index contributed by atoms with van der Waals surface area (Å²) in [5, 5.41) is 2.70. The maximum Gasteiger partial charge on any atom is 0.339 e. The van der Waals surface area contributed by atoms with Crippen LogP contribution in [0.25, 0.3) is 0 Å². The molecule has 0 aliphatic heterocycles. The third-order valence-corrected chi connectivity index (χ3v) is 4.89. The molecule has 0 atom stereocenters. The molecule has 0 unspecified atom stereocenters. The molecule has 22 heavy (non-hydrogen) atoms. The van der Waals surface area contributed by atoms with Crippen LogP contribution in [-0.2, 0) is 9.53 Å². The highest BCUT2D eigenvalue weighted by atomic mass is 79.9. The molecule has 116 valence electrons. The lowest BCUT2D eigenvalue weighted by Crippen LogP contribution is -2.21. The molecule has 0 saturated carbocycles. The summed E-state index contributed by atoms with van der Waals surface area (Å²) in [6.07, 6.45) is 0. The number of hydrogen-bond acceptors (Lipinski definition) is 4. The van der Waals surface area contributed by atoms with Crippen LogP contribution in [0.5, 0.6) is 0 Å². The molecule has 0 radical (unpaired) electrons. The predicted octanol–water partition coefficient (Wildman–Crippen LogP) is 4.23. The smallest absolute Gasteiger partial charge is 0.339 e. The topological polar surface area (TPSA) is 55.4 Å². The Hall–Kier alpha value is -1.66. The number of carbonyl (C=O) groups is 2. The van der Waals surface area contributed by atoms with E-state index in [-0.39, 0.29) is 12.5 Å². The monoisotopic (exact) mass is 381 g/mol. The molecule has 1 N–H and O–H groups in total. The van der Waals surface area contributed by atoms with Gasteiger partial charge in [-0.25, -0.2) is 4.79 Å². The van der Waals surface area contributed by atoms with Gasteiger partial charge in [-0.05, 0) is 50.6 Å². The van der Waals surface area contributed by atoms with Gasteiger partial charge in [-0.3, -0.25) is 4.79 Å². The minimum Gasteiger partial charge on any atom is -0.452 e. The van der Waals surface area contributed by atoms with Gasteiger partial charge in [0.15, 0.2) is 6.61 Å². The van der Waals surface area contributed by atoms with Gasteiger partial charge in [0.2, 0.25) is 0 Å². The van der Waals surface area contributed by atoms with Crippen molar-refractivity contribution in [2.45, 2.75) is 20.8 Å². The SMILES string of the molecule is Cc1cc(C(=O)OCC(=O)Nc2ccc(Br)c(C)c2)c(C)s1. The lowest BCUT2D eigenvalue weighted by Gasteiger charge is -2.08. The van der Waals surface area contributed by atoms with E-state index in [1.807, 2.05) is 32.9 Å². The molecule has 0 fully saturated rings. The normalized spacial score (nSPS) is 10.4. The van der Waals surface area contributed by atoms with Crippen molar-refractivity contribution in [2.75, 3.05) is 11.9 Å². The number of benzene rings is 1. The molecule has 2 aromatic rings. The predicted molar refractivity (Wildman–Crippen MR) is 91.6 cm³/mol. The summed E-state index contributed by atoms with van der Waals surface area (Å²) in [6.45, 7) is 5.42. The van der Waals surface area contributed by atoms with Crippen LogP contribution in [0.3, 0.4) is 0 Å². The Morgan fingerprint density at radius 3 is 2.55 bits per heavy atom. The van der Waals surface area contributed by atoms with Crippen LogP contribution in [0.15, 0.2) is 28.7 Å². The van der Waals surface area contributed by atoms with Crippen LogP contribution < -0.4 is 5.32 Å². The average Bonchev–Trinajstić information content (AvgIpc) is 2.79. The second kappa shape index (κ2) is 7.07. The molecular formula is C16H16BrNO3S. The second-order valence-electron chi connectivity index (χ2n) is 4.92. The molecule has 0 bridgehead atoms. The summed E-state index contributed by atoms with van der Waals surface area (Å²) in [5.74, 6) is -0.830. The summed E-state index contributed by atoms with van der Waals surface area (Å²) >= 11 is 4.93. The molecule has 1 aromatic heterocycles. The highest BCUT2D eigenvalue weighted by Crippen LogP contribution is 2.22. The number of anilines is 1. The number of ether oxygens (including phenoxy) is 1. The molecule has 1 aromatic carbocycles. The van der Waals surface area contributed by atoms with E-state index in [9.17, 15) is 9.59 Å². The van der Waals surface area contributed by atoms with Gasteiger partial charge in [-0.15, -0.1) is 11.3 Å². The first kappa shape index (κ1) is 16.7. The summed E-state index contributed by atoms with van der Waals surface area (Å²) in [5.41, 5.74) is 2.21. The lowest BCUT2D eigenvalue weighted by molar-refractivity contribution is -0.119. The lowest BCUT2D eigenvalue weighted by atomic mass is 10.2. The summed E-state index contributed by atoms with van der Waals surface area (Å²) in [4.78, 5) is 25.7.